The van der Waals surface area contributed by atoms with Crippen LogP contribution in [-0.4, -0.2) is 29.7 Å². The summed E-state index contributed by atoms with van der Waals surface area (Å²) in [5.74, 6) is 0.957. The van der Waals surface area contributed by atoms with Gasteiger partial charge in [-0.05, 0) is 42.6 Å². The van der Waals surface area contributed by atoms with Crippen LogP contribution in [0.15, 0.2) is 96.0 Å². The minimum absolute atomic E-state index is 0.329. The zero-order chi connectivity index (χ0) is 19.5. The number of piperidine rings is 3. The van der Waals surface area contributed by atoms with E-state index in [4.69, 9.17) is 4.99 Å². The zero-order valence-electron chi connectivity index (χ0n) is 16.8. The highest BCUT2D eigenvalue weighted by atomic mass is 15.2. The van der Waals surface area contributed by atoms with Gasteiger partial charge in [0.05, 0.1) is 12.6 Å². The Hall–Kier alpha value is -2.71. The van der Waals surface area contributed by atoms with Gasteiger partial charge in [-0.15, -0.1) is 0 Å². The van der Waals surface area contributed by atoms with Crippen molar-refractivity contribution in [1.29, 1.82) is 0 Å². The number of fused-ring (bicyclic) bond motifs is 3. The molecular weight excluding hydrogens is 352 g/mol. The van der Waals surface area contributed by atoms with Crippen molar-refractivity contribution in [3.63, 3.8) is 0 Å². The van der Waals surface area contributed by atoms with Gasteiger partial charge < -0.3 is 0 Å². The molecule has 0 saturated carbocycles. The molecule has 3 heterocycles. The van der Waals surface area contributed by atoms with E-state index in [2.05, 4.69) is 95.9 Å². The van der Waals surface area contributed by atoms with Gasteiger partial charge in [-0.25, -0.2) is 0 Å². The van der Waals surface area contributed by atoms with E-state index in [0.29, 0.717) is 17.9 Å². The van der Waals surface area contributed by atoms with Gasteiger partial charge in [-0.3, -0.25) is 9.89 Å². The lowest BCUT2D eigenvalue weighted by molar-refractivity contribution is 0.135. The van der Waals surface area contributed by atoms with Crippen molar-refractivity contribution < 1.29 is 0 Å². The van der Waals surface area contributed by atoms with Crippen molar-refractivity contribution in [2.45, 2.75) is 31.3 Å². The highest BCUT2D eigenvalue weighted by Gasteiger charge is 2.43. The molecule has 6 rings (SSSR count). The van der Waals surface area contributed by atoms with Crippen molar-refractivity contribution in [3.05, 3.63) is 108 Å². The second-order valence-corrected chi connectivity index (χ2v) is 8.28. The van der Waals surface area contributed by atoms with E-state index in [1.807, 2.05) is 0 Å². The van der Waals surface area contributed by atoms with Gasteiger partial charge in [0.1, 0.15) is 0 Å². The Morgan fingerprint density at radius 3 is 1.79 bits per heavy atom. The molecule has 1 unspecified atom stereocenters. The zero-order valence-corrected chi connectivity index (χ0v) is 16.8. The summed E-state index contributed by atoms with van der Waals surface area (Å²) >= 11 is 0. The third kappa shape index (κ3) is 3.77. The van der Waals surface area contributed by atoms with Crippen molar-refractivity contribution in [2.75, 3.05) is 13.1 Å². The maximum atomic E-state index is 5.26. The molecule has 3 aliphatic heterocycles. The molecule has 1 atom stereocenters. The van der Waals surface area contributed by atoms with E-state index in [9.17, 15) is 0 Å². The molecule has 2 bridgehead atoms. The summed E-state index contributed by atoms with van der Waals surface area (Å²) in [6.07, 6.45) is 2.50. The Labute approximate surface area is 173 Å². The Kier molecular flexibility index (Phi) is 5.27. The van der Waals surface area contributed by atoms with Crippen LogP contribution in [0, 0.1) is 5.92 Å². The molecule has 0 aromatic heterocycles. The van der Waals surface area contributed by atoms with Crippen LogP contribution in [-0.2, 0) is 6.54 Å². The highest BCUT2D eigenvalue weighted by Crippen LogP contribution is 2.40. The van der Waals surface area contributed by atoms with Gasteiger partial charge in [-0.1, -0.05) is 91.0 Å². The fourth-order valence-corrected chi connectivity index (χ4v) is 5.15. The Morgan fingerprint density at radius 1 is 0.724 bits per heavy atom. The van der Waals surface area contributed by atoms with E-state index in [0.717, 1.165) is 6.54 Å². The summed E-state index contributed by atoms with van der Waals surface area (Å²) in [5.41, 5.74) is 5.50. The van der Waals surface area contributed by atoms with Crippen LogP contribution in [0.2, 0.25) is 0 Å². The first-order chi connectivity index (χ1) is 14.4. The quantitative estimate of drug-likeness (QED) is 0.566. The summed E-state index contributed by atoms with van der Waals surface area (Å²) in [6, 6.07) is 33.1. The molecule has 2 heteroatoms. The predicted octanol–water partition coefficient (Wildman–Crippen LogP) is 5.55. The second-order valence-electron chi connectivity index (χ2n) is 8.28. The SMILES string of the molecule is c1ccc(CN=C2C3CCN(CC3)C2C(c2ccccc2)c2ccccc2)cc1. The number of benzene rings is 3. The average molecular weight is 381 g/mol. The lowest BCUT2D eigenvalue weighted by Gasteiger charge is -2.49. The normalized spacial score (nSPS) is 24.9. The van der Waals surface area contributed by atoms with Crippen molar-refractivity contribution in [3.8, 4) is 0 Å². The summed E-state index contributed by atoms with van der Waals surface area (Å²) in [4.78, 5) is 7.95. The molecule has 0 N–H and O–H groups in total. The van der Waals surface area contributed by atoms with Gasteiger partial charge in [0.2, 0.25) is 0 Å². The number of hydrogen-bond acceptors (Lipinski definition) is 2. The highest BCUT2D eigenvalue weighted by molar-refractivity contribution is 5.94. The Balaban J connectivity index is 1.57. The van der Waals surface area contributed by atoms with Crippen molar-refractivity contribution in [1.82, 2.24) is 4.90 Å². The van der Waals surface area contributed by atoms with Crippen molar-refractivity contribution in [2.24, 2.45) is 10.9 Å². The first-order valence-electron chi connectivity index (χ1n) is 10.8. The van der Waals surface area contributed by atoms with Crippen LogP contribution in [0.5, 0.6) is 0 Å². The number of aliphatic imine (C=N–C) groups is 1. The molecule has 0 aliphatic carbocycles. The molecule has 0 spiro atoms. The standard InChI is InChI=1S/C27H28N2/c1-4-10-21(11-5-1)20-28-26-24-16-18-29(19-17-24)27(26)25(22-12-6-2-7-13-22)23-14-8-3-9-15-23/h1-15,24-25,27H,16-20H2. The molecular formula is C27H28N2. The van der Waals surface area contributed by atoms with Gasteiger partial charge in [0, 0.05) is 17.5 Å². The van der Waals surface area contributed by atoms with Crippen LogP contribution >= 0.6 is 0 Å². The number of hydrogen-bond donors (Lipinski definition) is 0. The van der Waals surface area contributed by atoms with E-state index in [1.165, 1.54) is 48.3 Å². The molecule has 2 nitrogen and oxygen atoms in total. The minimum Gasteiger partial charge on any atom is -0.294 e. The molecule has 29 heavy (non-hydrogen) atoms. The first-order valence-corrected chi connectivity index (χ1v) is 10.8. The van der Waals surface area contributed by atoms with Crippen LogP contribution in [0.1, 0.15) is 35.4 Å². The van der Waals surface area contributed by atoms with Crippen LogP contribution < -0.4 is 0 Å². The third-order valence-electron chi connectivity index (χ3n) is 6.56. The topological polar surface area (TPSA) is 15.6 Å². The molecule has 3 fully saturated rings. The summed E-state index contributed by atoms with van der Waals surface area (Å²) < 4.78 is 0. The smallest absolute Gasteiger partial charge is 0.0639 e. The monoisotopic (exact) mass is 380 g/mol. The summed E-state index contributed by atoms with van der Waals surface area (Å²) in [5, 5.41) is 0. The first kappa shape index (κ1) is 18.3. The van der Waals surface area contributed by atoms with Gasteiger partial charge in [0.15, 0.2) is 0 Å². The lowest BCUT2D eigenvalue weighted by atomic mass is 9.72. The van der Waals surface area contributed by atoms with Crippen LogP contribution in [0.4, 0.5) is 0 Å². The van der Waals surface area contributed by atoms with Crippen LogP contribution in [0.3, 0.4) is 0 Å². The van der Waals surface area contributed by atoms with E-state index in [-0.39, 0.29) is 0 Å². The van der Waals surface area contributed by atoms with Gasteiger partial charge in [-0.2, -0.15) is 0 Å². The molecule has 3 aromatic rings. The second kappa shape index (κ2) is 8.34. The molecule has 146 valence electrons. The summed E-state index contributed by atoms with van der Waals surface area (Å²) in [6.45, 7) is 3.17. The predicted molar refractivity (Wildman–Crippen MR) is 120 cm³/mol. The number of rotatable bonds is 5. The van der Waals surface area contributed by atoms with Crippen LogP contribution in [0.25, 0.3) is 0 Å². The minimum atomic E-state index is 0.329. The largest absolute Gasteiger partial charge is 0.294 e. The fraction of sp³-hybridized carbons (Fsp3) is 0.296. The van der Waals surface area contributed by atoms with E-state index in [1.54, 1.807) is 0 Å². The molecule has 3 aliphatic rings. The average Bonchev–Trinajstić information content (AvgIpc) is 2.81. The fourth-order valence-electron chi connectivity index (χ4n) is 5.15. The summed E-state index contributed by atoms with van der Waals surface area (Å²) in [7, 11) is 0. The molecule has 3 aromatic carbocycles. The van der Waals surface area contributed by atoms with Gasteiger partial charge in [0.25, 0.3) is 0 Å². The van der Waals surface area contributed by atoms with Gasteiger partial charge >= 0.3 is 0 Å². The molecule has 0 amide bonds. The van der Waals surface area contributed by atoms with E-state index < -0.39 is 0 Å². The Bertz CT molecular complexity index is 902. The maximum absolute atomic E-state index is 5.26. The van der Waals surface area contributed by atoms with E-state index >= 15 is 0 Å². The Morgan fingerprint density at radius 2 is 1.24 bits per heavy atom. The molecule has 0 radical (unpaired) electrons. The van der Waals surface area contributed by atoms with Crippen molar-refractivity contribution >= 4 is 5.71 Å². The third-order valence-corrected chi connectivity index (χ3v) is 6.56. The molecule has 3 saturated heterocycles. The lowest BCUT2D eigenvalue weighted by Crippen LogP contribution is -2.58. The number of nitrogens with zero attached hydrogens (tertiary/aromatic N) is 2. The maximum Gasteiger partial charge on any atom is 0.0639 e.